The molecule has 0 spiro atoms. The van der Waals surface area contributed by atoms with Crippen molar-refractivity contribution in [3.8, 4) is 5.75 Å². The van der Waals surface area contributed by atoms with Crippen LogP contribution in [0.3, 0.4) is 0 Å². The van der Waals surface area contributed by atoms with Gasteiger partial charge in [-0.15, -0.1) is 12.4 Å². The SMILES string of the molecule is COc1c(C)cnc(Cn2nc3c4c(nc(N)nc42)SC(C(=O)O)C3)c1C.Cl. The predicted octanol–water partition coefficient (Wildman–Crippen LogP) is 2.00. The first-order valence-electron chi connectivity index (χ1n) is 8.30. The number of aryl methyl sites for hydroxylation is 1. The number of hydrogen-bond acceptors (Lipinski definition) is 8. The Morgan fingerprint density at radius 1 is 1.43 bits per heavy atom. The van der Waals surface area contributed by atoms with Gasteiger partial charge in [-0.1, -0.05) is 11.8 Å². The summed E-state index contributed by atoms with van der Waals surface area (Å²) in [7, 11) is 1.63. The van der Waals surface area contributed by atoms with Crippen LogP contribution in [-0.2, 0) is 17.8 Å². The van der Waals surface area contributed by atoms with Crippen molar-refractivity contribution in [2.75, 3.05) is 12.8 Å². The molecule has 3 N–H and O–H groups in total. The lowest BCUT2D eigenvalue weighted by molar-refractivity contribution is -0.136. The predicted molar refractivity (Wildman–Crippen MR) is 107 cm³/mol. The number of nitrogens with two attached hydrogens (primary N) is 1. The Bertz CT molecular complexity index is 1090. The summed E-state index contributed by atoms with van der Waals surface area (Å²) in [6.45, 7) is 4.26. The lowest BCUT2D eigenvalue weighted by atomic mass is 10.1. The third-order valence-corrected chi connectivity index (χ3v) is 5.78. The largest absolute Gasteiger partial charge is 0.496 e. The molecule has 1 unspecified atom stereocenters. The Balaban J connectivity index is 0.00000225. The van der Waals surface area contributed by atoms with Crippen LogP contribution in [0.2, 0.25) is 0 Å². The molecule has 4 rings (SSSR count). The fourth-order valence-electron chi connectivity index (χ4n) is 3.33. The van der Waals surface area contributed by atoms with Crippen LogP contribution in [0.1, 0.15) is 22.5 Å². The highest BCUT2D eigenvalue weighted by Gasteiger charge is 2.32. The fraction of sp³-hybridized carbons (Fsp3) is 0.353. The number of pyridine rings is 1. The highest BCUT2D eigenvalue weighted by Crippen LogP contribution is 2.38. The quantitative estimate of drug-likeness (QED) is 0.606. The van der Waals surface area contributed by atoms with Crippen LogP contribution < -0.4 is 10.5 Å². The standard InChI is InChI=1S/C17H18N6O3S.ClH/c1-7-5-19-10(8(2)13(7)26-3)6-23-14-12-9(22-23)4-11(16(24)25)27-15(12)21-17(18)20-14;/h5,11H,4,6H2,1-3H3,(H,24,25)(H2,18,20,21);1H. The summed E-state index contributed by atoms with van der Waals surface area (Å²) < 4.78 is 7.18. The van der Waals surface area contributed by atoms with Crippen LogP contribution in [0.15, 0.2) is 11.2 Å². The van der Waals surface area contributed by atoms with E-state index in [4.69, 9.17) is 10.5 Å². The molecular formula is C17H19ClN6O3S. The number of methoxy groups -OCH3 is 1. The van der Waals surface area contributed by atoms with Gasteiger partial charge in [-0.2, -0.15) is 10.1 Å². The molecule has 1 aliphatic heterocycles. The molecular weight excluding hydrogens is 404 g/mol. The van der Waals surface area contributed by atoms with Crippen molar-refractivity contribution < 1.29 is 14.6 Å². The van der Waals surface area contributed by atoms with Crippen molar-refractivity contribution in [2.24, 2.45) is 0 Å². The monoisotopic (exact) mass is 422 g/mol. The van der Waals surface area contributed by atoms with Crippen LogP contribution >= 0.6 is 24.2 Å². The summed E-state index contributed by atoms with van der Waals surface area (Å²) in [5.74, 6) is -0.0152. The minimum atomic E-state index is -0.897. The number of anilines is 1. The number of aromatic nitrogens is 5. The molecule has 11 heteroatoms. The van der Waals surface area contributed by atoms with Crippen LogP contribution in [0.5, 0.6) is 5.75 Å². The number of rotatable bonds is 4. The number of halogens is 1. The van der Waals surface area contributed by atoms with Gasteiger partial charge < -0.3 is 15.6 Å². The van der Waals surface area contributed by atoms with Gasteiger partial charge in [0.25, 0.3) is 0 Å². The smallest absolute Gasteiger partial charge is 0.317 e. The molecule has 0 saturated carbocycles. The first-order chi connectivity index (χ1) is 12.9. The van der Waals surface area contributed by atoms with Gasteiger partial charge in [-0.3, -0.25) is 9.78 Å². The van der Waals surface area contributed by atoms with Gasteiger partial charge in [-0.05, 0) is 13.8 Å². The Morgan fingerprint density at radius 3 is 2.86 bits per heavy atom. The van der Waals surface area contributed by atoms with Gasteiger partial charge in [0.15, 0.2) is 5.65 Å². The summed E-state index contributed by atoms with van der Waals surface area (Å²) in [6, 6.07) is 0. The molecule has 0 aromatic carbocycles. The number of carboxylic acids is 1. The van der Waals surface area contributed by atoms with E-state index in [1.807, 2.05) is 13.8 Å². The topological polar surface area (TPSA) is 129 Å². The summed E-state index contributed by atoms with van der Waals surface area (Å²) in [5, 5.41) is 14.7. The lowest BCUT2D eigenvalue weighted by Crippen LogP contribution is -2.22. The van der Waals surface area contributed by atoms with E-state index in [0.29, 0.717) is 29.3 Å². The average molecular weight is 423 g/mol. The van der Waals surface area contributed by atoms with Crippen molar-refractivity contribution in [3.05, 3.63) is 28.7 Å². The van der Waals surface area contributed by atoms with Crippen molar-refractivity contribution in [3.63, 3.8) is 0 Å². The van der Waals surface area contributed by atoms with E-state index in [9.17, 15) is 9.90 Å². The summed E-state index contributed by atoms with van der Waals surface area (Å²) >= 11 is 1.18. The first-order valence-corrected chi connectivity index (χ1v) is 9.18. The maximum atomic E-state index is 11.5. The second-order valence-corrected chi connectivity index (χ2v) is 7.58. The van der Waals surface area contributed by atoms with Gasteiger partial charge in [0.05, 0.1) is 30.4 Å². The van der Waals surface area contributed by atoms with Gasteiger partial charge in [-0.25, -0.2) is 9.67 Å². The number of ether oxygens (including phenoxy) is 1. The summed E-state index contributed by atoms with van der Waals surface area (Å²) in [6.07, 6.45) is 2.07. The van der Waals surface area contributed by atoms with Gasteiger partial charge in [0, 0.05) is 23.7 Å². The van der Waals surface area contributed by atoms with E-state index >= 15 is 0 Å². The second kappa shape index (κ2) is 7.44. The Labute approximate surface area is 171 Å². The highest BCUT2D eigenvalue weighted by atomic mass is 35.5. The highest BCUT2D eigenvalue weighted by molar-refractivity contribution is 8.00. The molecule has 9 nitrogen and oxygen atoms in total. The Morgan fingerprint density at radius 2 is 2.18 bits per heavy atom. The molecule has 1 aliphatic rings. The van der Waals surface area contributed by atoms with E-state index in [1.165, 1.54) is 11.8 Å². The average Bonchev–Trinajstić information content (AvgIpc) is 2.96. The third-order valence-electron chi connectivity index (χ3n) is 4.61. The molecule has 0 aliphatic carbocycles. The molecule has 0 bridgehead atoms. The molecule has 0 amide bonds. The lowest BCUT2D eigenvalue weighted by Gasteiger charge is -2.16. The molecule has 3 aromatic rings. The van der Waals surface area contributed by atoms with E-state index in [0.717, 1.165) is 28.0 Å². The molecule has 0 fully saturated rings. The maximum absolute atomic E-state index is 11.5. The summed E-state index contributed by atoms with van der Waals surface area (Å²) in [4.78, 5) is 24.5. The number of thioether (sulfide) groups is 1. The number of nitrogens with zero attached hydrogens (tertiary/aromatic N) is 5. The van der Waals surface area contributed by atoms with Crippen LogP contribution in [0.4, 0.5) is 5.95 Å². The minimum Gasteiger partial charge on any atom is -0.496 e. The zero-order chi connectivity index (χ0) is 19.3. The molecule has 28 heavy (non-hydrogen) atoms. The van der Waals surface area contributed by atoms with Crippen molar-refractivity contribution in [1.82, 2.24) is 24.7 Å². The van der Waals surface area contributed by atoms with Crippen LogP contribution in [0.25, 0.3) is 11.0 Å². The summed E-state index contributed by atoms with van der Waals surface area (Å²) in [5.41, 5.74) is 9.79. The Kier molecular flexibility index (Phi) is 5.35. The van der Waals surface area contributed by atoms with Gasteiger partial charge in [0.1, 0.15) is 16.0 Å². The molecule has 0 saturated heterocycles. The van der Waals surface area contributed by atoms with E-state index in [-0.39, 0.29) is 18.4 Å². The zero-order valence-corrected chi connectivity index (χ0v) is 17.1. The Hall–Kier alpha value is -2.59. The molecule has 0 radical (unpaired) electrons. The number of aliphatic carboxylic acids is 1. The molecule has 4 heterocycles. The third kappa shape index (κ3) is 3.22. The zero-order valence-electron chi connectivity index (χ0n) is 15.5. The number of carbonyl (C=O) groups is 1. The molecule has 1 atom stereocenters. The van der Waals surface area contributed by atoms with Crippen molar-refractivity contribution in [1.29, 1.82) is 0 Å². The van der Waals surface area contributed by atoms with E-state index < -0.39 is 11.2 Å². The van der Waals surface area contributed by atoms with Crippen molar-refractivity contribution >= 4 is 47.1 Å². The van der Waals surface area contributed by atoms with Crippen LogP contribution in [0, 0.1) is 13.8 Å². The molecule has 148 valence electrons. The number of carboxylic acid groups (broad SMARTS) is 1. The second-order valence-electron chi connectivity index (χ2n) is 6.38. The normalized spacial score (nSPS) is 15.3. The molecule has 3 aromatic heterocycles. The number of hydrogen-bond donors (Lipinski definition) is 2. The van der Waals surface area contributed by atoms with Gasteiger partial charge >= 0.3 is 5.97 Å². The first kappa shape index (κ1) is 20.2. The minimum absolute atomic E-state index is 0. The van der Waals surface area contributed by atoms with Crippen molar-refractivity contribution in [2.45, 2.75) is 37.1 Å². The van der Waals surface area contributed by atoms with Crippen LogP contribution in [-0.4, -0.2) is 48.2 Å². The fourth-order valence-corrected chi connectivity index (χ4v) is 4.41. The van der Waals surface area contributed by atoms with E-state index in [1.54, 1.807) is 18.0 Å². The van der Waals surface area contributed by atoms with Gasteiger partial charge in [0.2, 0.25) is 5.95 Å². The van der Waals surface area contributed by atoms with E-state index in [2.05, 4.69) is 20.1 Å². The maximum Gasteiger partial charge on any atom is 0.317 e. The number of nitrogen functional groups attached to an aromatic ring is 1.